The lowest BCUT2D eigenvalue weighted by atomic mass is 9.78. The summed E-state index contributed by atoms with van der Waals surface area (Å²) in [4.78, 5) is 0. The molecule has 1 aliphatic rings. The minimum Gasteiger partial charge on any atom is -0.377 e. The summed E-state index contributed by atoms with van der Waals surface area (Å²) >= 11 is 0. The van der Waals surface area contributed by atoms with Gasteiger partial charge in [-0.15, -0.1) is 6.58 Å². The van der Waals surface area contributed by atoms with Crippen molar-refractivity contribution in [2.24, 2.45) is 5.92 Å². The van der Waals surface area contributed by atoms with Gasteiger partial charge in [0.15, 0.2) is 11.6 Å². The van der Waals surface area contributed by atoms with Crippen LogP contribution in [0.3, 0.4) is 0 Å². The van der Waals surface area contributed by atoms with Crippen molar-refractivity contribution in [1.82, 2.24) is 0 Å². The second-order valence-corrected chi connectivity index (χ2v) is 9.01. The van der Waals surface area contributed by atoms with Crippen LogP contribution < -0.4 is 0 Å². The molecule has 3 aromatic rings. The molecule has 0 aromatic heterocycles. The van der Waals surface area contributed by atoms with Gasteiger partial charge in [0.2, 0.25) is 0 Å². The molecule has 33 heavy (non-hydrogen) atoms. The molecule has 1 fully saturated rings. The van der Waals surface area contributed by atoms with Crippen LogP contribution in [0.1, 0.15) is 56.1 Å². The van der Waals surface area contributed by atoms with Crippen molar-refractivity contribution in [2.45, 2.75) is 51.6 Å². The highest BCUT2D eigenvalue weighted by molar-refractivity contribution is 5.72. The largest absolute Gasteiger partial charge is 0.377 e. The third kappa shape index (κ3) is 5.42. The highest BCUT2D eigenvalue weighted by Gasteiger charge is 2.21. The molecule has 0 spiro atoms. The Morgan fingerprint density at radius 2 is 1.36 bits per heavy atom. The minimum atomic E-state index is -0.811. The Balaban J connectivity index is 1.50. The lowest BCUT2D eigenvalue weighted by Gasteiger charge is -2.27. The standard InChI is InChI=1S/C30H32F2O/c1-3-19-33-20-22-7-11-25(12-8-22)27-17-18-28(30(32)29(27)31)26-15-13-24(14-16-26)23-9-5-21(4-2)6-10-23/h4,7-8,11-18,21,23H,2-3,5-6,9-10,19-20H2,1H3. The van der Waals surface area contributed by atoms with E-state index >= 15 is 8.78 Å². The van der Waals surface area contributed by atoms with E-state index < -0.39 is 11.6 Å². The monoisotopic (exact) mass is 446 g/mol. The molecule has 0 radical (unpaired) electrons. The van der Waals surface area contributed by atoms with Crippen LogP contribution in [-0.2, 0) is 11.3 Å². The maximum Gasteiger partial charge on any atom is 0.167 e. The van der Waals surface area contributed by atoms with E-state index in [0.717, 1.165) is 24.8 Å². The number of benzene rings is 3. The average Bonchev–Trinajstić information content (AvgIpc) is 2.87. The first-order valence-electron chi connectivity index (χ1n) is 12.0. The van der Waals surface area contributed by atoms with E-state index in [1.165, 1.54) is 18.4 Å². The Morgan fingerprint density at radius 3 is 1.88 bits per heavy atom. The molecule has 0 atom stereocenters. The van der Waals surface area contributed by atoms with E-state index in [9.17, 15) is 0 Å². The molecule has 0 aliphatic heterocycles. The molecule has 0 bridgehead atoms. The van der Waals surface area contributed by atoms with Gasteiger partial charge in [-0.1, -0.05) is 73.7 Å². The third-order valence-corrected chi connectivity index (χ3v) is 6.76. The lowest BCUT2D eigenvalue weighted by Crippen LogP contribution is -2.11. The smallest absolute Gasteiger partial charge is 0.167 e. The number of hydrogen-bond acceptors (Lipinski definition) is 1. The number of rotatable bonds is 8. The van der Waals surface area contributed by atoms with E-state index in [4.69, 9.17) is 4.74 Å². The zero-order valence-corrected chi connectivity index (χ0v) is 19.3. The lowest BCUT2D eigenvalue weighted by molar-refractivity contribution is 0.121. The number of halogens is 2. The summed E-state index contributed by atoms with van der Waals surface area (Å²) in [7, 11) is 0. The normalized spacial score (nSPS) is 18.3. The van der Waals surface area contributed by atoms with Gasteiger partial charge < -0.3 is 4.74 Å². The first-order chi connectivity index (χ1) is 16.1. The van der Waals surface area contributed by atoms with Crippen LogP contribution in [0.25, 0.3) is 22.3 Å². The molecule has 0 amide bonds. The van der Waals surface area contributed by atoms with Gasteiger partial charge in [0.05, 0.1) is 6.61 Å². The summed E-state index contributed by atoms with van der Waals surface area (Å²) in [5.41, 5.74) is 4.22. The second kappa shape index (κ2) is 10.9. The number of allylic oxidation sites excluding steroid dienone is 1. The molecule has 0 unspecified atom stereocenters. The van der Waals surface area contributed by atoms with Crippen LogP contribution >= 0.6 is 0 Å². The van der Waals surface area contributed by atoms with Crippen molar-refractivity contribution in [2.75, 3.05) is 6.61 Å². The topological polar surface area (TPSA) is 9.23 Å². The maximum absolute atomic E-state index is 15.1. The minimum absolute atomic E-state index is 0.271. The molecule has 0 heterocycles. The molecule has 4 rings (SSSR count). The average molecular weight is 447 g/mol. The van der Waals surface area contributed by atoms with Crippen molar-refractivity contribution in [3.63, 3.8) is 0 Å². The molecule has 1 saturated carbocycles. The SMILES string of the molecule is C=CC1CCC(c2ccc(-c3ccc(-c4ccc(COCCC)cc4)c(F)c3F)cc2)CC1. The highest BCUT2D eigenvalue weighted by atomic mass is 19.2. The first kappa shape index (κ1) is 23.4. The molecule has 0 N–H and O–H groups in total. The molecule has 3 aromatic carbocycles. The Morgan fingerprint density at radius 1 is 0.818 bits per heavy atom. The summed E-state index contributed by atoms with van der Waals surface area (Å²) in [6, 6.07) is 18.7. The van der Waals surface area contributed by atoms with E-state index in [1.54, 1.807) is 12.1 Å². The van der Waals surface area contributed by atoms with Gasteiger partial charge in [-0.3, -0.25) is 0 Å². The van der Waals surface area contributed by atoms with Gasteiger partial charge >= 0.3 is 0 Å². The van der Waals surface area contributed by atoms with E-state index in [-0.39, 0.29) is 5.56 Å². The molecule has 1 aliphatic carbocycles. The number of hydrogen-bond donors (Lipinski definition) is 0. The van der Waals surface area contributed by atoms with Crippen LogP contribution in [0.15, 0.2) is 73.3 Å². The summed E-state index contributed by atoms with van der Waals surface area (Å²) < 4.78 is 35.6. The van der Waals surface area contributed by atoms with Crippen molar-refractivity contribution in [3.8, 4) is 22.3 Å². The second-order valence-electron chi connectivity index (χ2n) is 9.01. The molecular weight excluding hydrogens is 414 g/mol. The van der Waals surface area contributed by atoms with Gasteiger partial charge in [-0.25, -0.2) is 8.78 Å². The fourth-order valence-corrected chi connectivity index (χ4v) is 4.73. The fraction of sp³-hybridized carbons (Fsp3) is 0.333. The zero-order valence-electron chi connectivity index (χ0n) is 19.3. The van der Waals surface area contributed by atoms with Crippen LogP contribution in [0.5, 0.6) is 0 Å². The summed E-state index contributed by atoms with van der Waals surface area (Å²) in [5.74, 6) is -0.451. The molecular formula is C30H32F2O. The Bertz CT molecular complexity index is 1060. The van der Waals surface area contributed by atoms with Crippen LogP contribution in [0.4, 0.5) is 8.78 Å². The summed E-state index contributed by atoms with van der Waals surface area (Å²) in [6.45, 7) is 7.21. The van der Waals surface area contributed by atoms with Gasteiger partial charge in [0.1, 0.15) is 0 Å². The molecule has 172 valence electrons. The van der Waals surface area contributed by atoms with Gasteiger partial charge in [-0.05, 0) is 66.2 Å². The van der Waals surface area contributed by atoms with Crippen molar-refractivity contribution in [1.29, 1.82) is 0 Å². The van der Waals surface area contributed by atoms with Gasteiger partial charge in [0.25, 0.3) is 0 Å². The first-order valence-corrected chi connectivity index (χ1v) is 12.0. The van der Waals surface area contributed by atoms with E-state index in [2.05, 4.69) is 31.7 Å². The van der Waals surface area contributed by atoms with Crippen LogP contribution in [0.2, 0.25) is 0 Å². The van der Waals surface area contributed by atoms with Crippen molar-refractivity contribution < 1.29 is 13.5 Å². The summed E-state index contributed by atoms with van der Waals surface area (Å²) in [6.07, 6.45) is 7.67. The van der Waals surface area contributed by atoms with E-state index in [1.807, 2.05) is 36.4 Å². The fourth-order valence-electron chi connectivity index (χ4n) is 4.73. The predicted octanol–water partition coefficient (Wildman–Crippen LogP) is 8.69. The molecule has 1 nitrogen and oxygen atoms in total. The Labute approximate surface area is 196 Å². The van der Waals surface area contributed by atoms with Crippen LogP contribution in [-0.4, -0.2) is 6.61 Å². The maximum atomic E-state index is 15.1. The van der Waals surface area contributed by atoms with Crippen molar-refractivity contribution in [3.05, 3.63) is 96.1 Å². The highest BCUT2D eigenvalue weighted by Crippen LogP contribution is 2.37. The van der Waals surface area contributed by atoms with Crippen LogP contribution in [0, 0.1) is 17.6 Å². The Hall–Kier alpha value is -2.78. The summed E-state index contributed by atoms with van der Waals surface area (Å²) in [5, 5.41) is 0. The van der Waals surface area contributed by atoms with E-state index in [0.29, 0.717) is 41.7 Å². The zero-order chi connectivity index (χ0) is 23.2. The molecule has 3 heteroatoms. The van der Waals surface area contributed by atoms with Gasteiger partial charge in [0, 0.05) is 17.7 Å². The number of ether oxygens (including phenoxy) is 1. The van der Waals surface area contributed by atoms with Gasteiger partial charge in [-0.2, -0.15) is 0 Å². The third-order valence-electron chi connectivity index (χ3n) is 6.76. The molecule has 0 saturated heterocycles. The Kier molecular flexibility index (Phi) is 7.72. The van der Waals surface area contributed by atoms with Crippen molar-refractivity contribution >= 4 is 0 Å². The predicted molar refractivity (Wildman–Crippen MR) is 132 cm³/mol. The quantitative estimate of drug-likeness (QED) is 0.248.